The van der Waals surface area contributed by atoms with Crippen LogP contribution in [0, 0.1) is 5.41 Å². The Morgan fingerprint density at radius 3 is 2.43 bits per heavy atom. The van der Waals surface area contributed by atoms with Crippen LogP contribution in [0.4, 0.5) is 13.2 Å². The molecule has 0 heterocycles. The number of benzene rings is 1. The molecule has 0 aromatic heterocycles. The third kappa shape index (κ3) is 5.62. The van der Waals surface area contributed by atoms with Crippen molar-refractivity contribution in [2.75, 3.05) is 11.9 Å². The molecule has 0 fully saturated rings. The minimum absolute atomic E-state index is 0.0144. The molecule has 1 rings (SSSR count). The lowest BCUT2D eigenvalue weighted by molar-refractivity contribution is -0.137. The van der Waals surface area contributed by atoms with Crippen LogP contribution in [0.25, 0.3) is 0 Å². The molecule has 1 aromatic carbocycles. The first kappa shape index (κ1) is 18.5. The third-order valence-corrected chi connectivity index (χ3v) is 4.13. The van der Waals surface area contributed by atoms with E-state index in [1.54, 1.807) is 0 Å². The van der Waals surface area contributed by atoms with Gasteiger partial charge in [-0.05, 0) is 46.0 Å². The Morgan fingerprint density at radius 2 is 1.90 bits per heavy atom. The highest BCUT2D eigenvalue weighted by Gasteiger charge is 2.31. The van der Waals surface area contributed by atoms with E-state index >= 15 is 0 Å². The lowest BCUT2D eigenvalue weighted by Gasteiger charge is -2.24. The summed E-state index contributed by atoms with van der Waals surface area (Å²) < 4.78 is 38.4. The van der Waals surface area contributed by atoms with Crippen molar-refractivity contribution in [2.45, 2.75) is 26.4 Å². The lowest BCUT2D eigenvalue weighted by Crippen LogP contribution is -2.34. The predicted molar refractivity (Wildman–Crippen MR) is 83.7 cm³/mol. The van der Waals surface area contributed by atoms with E-state index in [9.17, 15) is 18.0 Å². The normalized spacial score (nSPS) is 12.3. The van der Waals surface area contributed by atoms with Crippen LogP contribution in [0.1, 0.15) is 36.2 Å². The number of carbonyl (C=O) groups excluding carboxylic acids is 1. The second-order valence-corrected chi connectivity index (χ2v) is 7.13. The second kappa shape index (κ2) is 7.13. The molecule has 0 aliphatic rings. The van der Waals surface area contributed by atoms with Crippen LogP contribution in [-0.2, 0) is 6.18 Å². The van der Waals surface area contributed by atoms with Gasteiger partial charge in [0.2, 0.25) is 0 Å². The average Bonchev–Trinajstić information content (AvgIpc) is 2.35. The zero-order valence-electron chi connectivity index (χ0n) is 11.7. The van der Waals surface area contributed by atoms with Gasteiger partial charge in [-0.15, -0.1) is 0 Å². The fourth-order valence-corrected chi connectivity index (χ4v) is 3.13. The smallest absolute Gasteiger partial charge is 0.351 e. The molecule has 0 aliphatic heterocycles. The number of rotatable bonds is 5. The third-order valence-electron chi connectivity index (χ3n) is 3.04. The summed E-state index contributed by atoms with van der Waals surface area (Å²) in [6.07, 6.45) is -3.62. The number of hydrogen-bond donors (Lipinski definition) is 1. The molecular formula is C14H16Br2F3NO. The molecule has 0 aliphatic carbocycles. The maximum absolute atomic E-state index is 12.7. The van der Waals surface area contributed by atoms with Gasteiger partial charge in [-0.25, -0.2) is 0 Å². The summed E-state index contributed by atoms with van der Waals surface area (Å²) in [6, 6.07) is 3.04. The van der Waals surface area contributed by atoms with Crippen LogP contribution in [0.2, 0.25) is 0 Å². The summed E-state index contributed by atoms with van der Waals surface area (Å²) in [5.41, 5.74) is -0.983. The molecule has 1 aromatic rings. The van der Waals surface area contributed by atoms with E-state index in [2.05, 4.69) is 37.2 Å². The molecule has 0 unspecified atom stereocenters. The summed E-state index contributed by atoms with van der Waals surface area (Å²) in [5.74, 6) is -0.518. The van der Waals surface area contributed by atoms with Gasteiger partial charge < -0.3 is 5.32 Å². The average molecular weight is 431 g/mol. The number of hydrogen-bond acceptors (Lipinski definition) is 1. The molecule has 2 nitrogen and oxygen atoms in total. The number of halogens is 5. The Bertz CT molecular complexity index is 515. The van der Waals surface area contributed by atoms with Gasteiger partial charge in [0.25, 0.3) is 5.91 Å². The van der Waals surface area contributed by atoms with Crippen molar-refractivity contribution in [1.29, 1.82) is 0 Å². The first-order valence-electron chi connectivity index (χ1n) is 6.28. The van der Waals surface area contributed by atoms with Crippen molar-refractivity contribution in [2.24, 2.45) is 5.41 Å². The number of nitrogens with one attached hydrogen (secondary N) is 1. The molecule has 0 bridgehead atoms. The van der Waals surface area contributed by atoms with Crippen molar-refractivity contribution >= 4 is 37.8 Å². The molecule has 118 valence electrons. The fraction of sp³-hybridized carbons (Fsp3) is 0.500. The van der Waals surface area contributed by atoms with E-state index in [0.29, 0.717) is 11.0 Å². The fourth-order valence-electron chi connectivity index (χ4n) is 1.63. The summed E-state index contributed by atoms with van der Waals surface area (Å²) >= 11 is 6.45. The topological polar surface area (TPSA) is 29.1 Å². The van der Waals surface area contributed by atoms with E-state index in [0.717, 1.165) is 23.9 Å². The summed E-state index contributed by atoms with van der Waals surface area (Å²) in [7, 11) is 0. The number of amides is 1. The molecule has 0 spiro atoms. The number of carbonyl (C=O) groups is 1. The maximum Gasteiger partial charge on any atom is 0.416 e. The van der Waals surface area contributed by atoms with Crippen molar-refractivity contribution in [3.8, 4) is 0 Å². The van der Waals surface area contributed by atoms with E-state index in [4.69, 9.17) is 0 Å². The minimum atomic E-state index is -4.47. The minimum Gasteiger partial charge on any atom is -0.351 e. The van der Waals surface area contributed by atoms with Crippen LogP contribution in [0.15, 0.2) is 22.7 Å². The number of alkyl halides is 4. The van der Waals surface area contributed by atoms with E-state index < -0.39 is 17.6 Å². The Kier molecular flexibility index (Phi) is 6.28. The summed E-state index contributed by atoms with van der Waals surface area (Å²) in [5, 5.41) is 3.48. The molecule has 0 saturated carbocycles. The molecule has 7 heteroatoms. The highest BCUT2D eigenvalue weighted by Crippen LogP contribution is 2.32. The quantitative estimate of drug-likeness (QED) is 0.653. The summed E-state index contributed by atoms with van der Waals surface area (Å²) in [6.45, 7) is 4.35. The Balaban J connectivity index is 2.88. The maximum atomic E-state index is 12.7. The highest BCUT2D eigenvalue weighted by atomic mass is 79.9. The second-order valence-electron chi connectivity index (χ2n) is 5.48. The van der Waals surface area contributed by atoms with Crippen LogP contribution in [0.3, 0.4) is 0 Å². The Labute approximate surface area is 138 Å². The Morgan fingerprint density at radius 1 is 1.29 bits per heavy atom. The Hall–Kier alpha value is -0.560. The van der Waals surface area contributed by atoms with Gasteiger partial charge in [-0.1, -0.05) is 29.8 Å². The van der Waals surface area contributed by atoms with Crippen LogP contribution in [0.5, 0.6) is 0 Å². The molecule has 21 heavy (non-hydrogen) atoms. The highest BCUT2D eigenvalue weighted by molar-refractivity contribution is 9.10. The van der Waals surface area contributed by atoms with E-state index in [1.165, 1.54) is 6.07 Å². The van der Waals surface area contributed by atoms with Crippen LogP contribution < -0.4 is 5.32 Å². The van der Waals surface area contributed by atoms with Gasteiger partial charge in [-0.2, -0.15) is 13.2 Å². The molecule has 1 N–H and O–H groups in total. The van der Waals surface area contributed by atoms with Crippen LogP contribution in [-0.4, -0.2) is 17.8 Å². The first-order valence-corrected chi connectivity index (χ1v) is 8.19. The van der Waals surface area contributed by atoms with Gasteiger partial charge in [0, 0.05) is 16.3 Å². The van der Waals surface area contributed by atoms with Gasteiger partial charge >= 0.3 is 6.18 Å². The van der Waals surface area contributed by atoms with Crippen molar-refractivity contribution < 1.29 is 18.0 Å². The van der Waals surface area contributed by atoms with Gasteiger partial charge in [0.1, 0.15) is 0 Å². The molecule has 1 amide bonds. The zero-order chi connectivity index (χ0) is 16.3. The molecule has 0 radical (unpaired) electrons. The van der Waals surface area contributed by atoms with Crippen molar-refractivity contribution in [3.05, 3.63) is 33.8 Å². The van der Waals surface area contributed by atoms with Gasteiger partial charge in [0.15, 0.2) is 0 Å². The van der Waals surface area contributed by atoms with E-state index in [-0.39, 0.29) is 11.0 Å². The van der Waals surface area contributed by atoms with Gasteiger partial charge in [-0.3, -0.25) is 4.79 Å². The molecular weight excluding hydrogens is 415 g/mol. The molecule has 0 atom stereocenters. The monoisotopic (exact) mass is 429 g/mol. The summed E-state index contributed by atoms with van der Waals surface area (Å²) in [4.78, 5) is 12.1. The van der Waals surface area contributed by atoms with Crippen molar-refractivity contribution in [1.82, 2.24) is 5.32 Å². The predicted octanol–water partition coefficient (Wildman–Crippen LogP) is 5.01. The first-order chi connectivity index (χ1) is 9.57. The SMILES string of the molecule is CC(C)(CCBr)CNC(=O)c1cc(C(F)(F)F)ccc1Br. The van der Waals surface area contributed by atoms with E-state index in [1.807, 2.05) is 13.8 Å². The zero-order valence-corrected chi connectivity index (χ0v) is 14.8. The molecule has 0 saturated heterocycles. The largest absolute Gasteiger partial charge is 0.416 e. The van der Waals surface area contributed by atoms with Crippen LogP contribution >= 0.6 is 31.9 Å². The van der Waals surface area contributed by atoms with Crippen molar-refractivity contribution in [3.63, 3.8) is 0 Å². The standard InChI is InChI=1S/C14H16Br2F3NO/c1-13(2,5-6-15)8-20-12(21)10-7-9(14(17,18)19)3-4-11(10)16/h3-4,7H,5-6,8H2,1-2H3,(H,20,21). The van der Waals surface area contributed by atoms with Gasteiger partial charge in [0.05, 0.1) is 11.1 Å². The lowest BCUT2D eigenvalue weighted by atomic mass is 9.90.